The molecule has 0 saturated carbocycles. The van der Waals surface area contributed by atoms with Gasteiger partial charge < -0.3 is 14.6 Å². The third kappa shape index (κ3) is 4.54. The van der Waals surface area contributed by atoms with Gasteiger partial charge in [0.25, 0.3) is 5.91 Å². The molecular weight excluding hydrogens is 344 g/mol. The summed E-state index contributed by atoms with van der Waals surface area (Å²) in [6.45, 7) is 6.28. The fourth-order valence-corrected chi connectivity index (χ4v) is 3.19. The van der Waals surface area contributed by atoms with E-state index in [2.05, 4.69) is 11.4 Å². The molecule has 2 aromatic rings. The number of piperazine rings is 1. The van der Waals surface area contributed by atoms with Crippen LogP contribution in [0.5, 0.6) is 0 Å². The fraction of sp³-hybridized carbons (Fsp3) is 0.350. The summed E-state index contributed by atoms with van der Waals surface area (Å²) in [5.74, 6) is 1.21. The van der Waals surface area contributed by atoms with Crippen LogP contribution in [0.25, 0.3) is 0 Å². The highest BCUT2D eigenvalue weighted by atomic mass is 16.3. The molecule has 1 aliphatic rings. The summed E-state index contributed by atoms with van der Waals surface area (Å²) < 4.78 is 5.44. The molecule has 1 fully saturated rings. The number of hydrogen-bond donors (Lipinski definition) is 1. The van der Waals surface area contributed by atoms with Crippen LogP contribution in [0.3, 0.4) is 0 Å². The van der Waals surface area contributed by atoms with E-state index in [1.807, 2.05) is 11.8 Å². The lowest BCUT2D eigenvalue weighted by molar-refractivity contribution is -0.117. The van der Waals surface area contributed by atoms with Crippen molar-refractivity contribution in [3.63, 3.8) is 0 Å². The molecule has 1 saturated heterocycles. The maximum absolute atomic E-state index is 12.6. The van der Waals surface area contributed by atoms with Crippen LogP contribution < -0.4 is 5.32 Å². The maximum Gasteiger partial charge on any atom is 0.257 e. The van der Waals surface area contributed by atoms with E-state index < -0.39 is 0 Å². The van der Waals surface area contributed by atoms with Crippen molar-refractivity contribution in [2.45, 2.75) is 13.8 Å². The Labute approximate surface area is 158 Å². The van der Waals surface area contributed by atoms with Gasteiger partial charge in [0, 0.05) is 31.9 Å². The highest BCUT2D eigenvalue weighted by Gasteiger charge is 2.25. The van der Waals surface area contributed by atoms with Gasteiger partial charge in [0.05, 0.1) is 23.7 Å². The highest BCUT2D eigenvalue weighted by Crippen LogP contribution is 2.17. The number of carbonyl (C=O) groups excluding carboxylic acids is 2. The number of nitrogens with zero attached hydrogens (tertiary/aromatic N) is 3. The first kappa shape index (κ1) is 18.7. The lowest BCUT2D eigenvalue weighted by Gasteiger charge is -2.34. The Balaban J connectivity index is 1.50. The van der Waals surface area contributed by atoms with Crippen molar-refractivity contribution in [1.82, 2.24) is 9.80 Å². The quantitative estimate of drug-likeness (QED) is 0.896. The summed E-state index contributed by atoms with van der Waals surface area (Å²) in [7, 11) is 0. The topological polar surface area (TPSA) is 89.6 Å². The lowest BCUT2D eigenvalue weighted by Crippen LogP contribution is -2.50. The molecule has 27 heavy (non-hydrogen) atoms. The van der Waals surface area contributed by atoms with Crippen molar-refractivity contribution < 1.29 is 14.0 Å². The second-order valence-electron chi connectivity index (χ2n) is 6.64. The number of anilines is 1. The number of rotatable bonds is 4. The number of aryl methyl sites for hydroxylation is 2. The first-order valence-electron chi connectivity index (χ1n) is 8.85. The SMILES string of the molecule is Cc1cc(C(=O)N2CCN(CC(=O)Nc3cccc(C#N)c3)CC2)c(C)o1. The average Bonchev–Trinajstić information content (AvgIpc) is 3.00. The van der Waals surface area contributed by atoms with E-state index in [1.54, 1.807) is 42.2 Å². The molecule has 0 unspecified atom stereocenters. The van der Waals surface area contributed by atoms with E-state index in [0.29, 0.717) is 48.8 Å². The second-order valence-corrected chi connectivity index (χ2v) is 6.64. The largest absolute Gasteiger partial charge is 0.466 e. The number of nitriles is 1. The predicted octanol–water partition coefficient (Wildman–Crippen LogP) is 2.16. The van der Waals surface area contributed by atoms with E-state index in [-0.39, 0.29) is 18.4 Å². The summed E-state index contributed by atoms with van der Waals surface area (Å²) in [5, 5.41) is 11.7. The lowest BCUT2D eigenvalue weighted by atomic mass is 10.2. The van der Waals surface area contributed by atoms with Gasteiger partial charge in [0.15, 0.2) is 0 Å². The Bertz CT molecular complexity index is 889. The van der Waals surface area contributed by atoms with Gasteiger partial charge in [-0.3, -0.25) is 14.5 Å². The predicted molar refractivity (Wildman–Crippen MR) is 100 cm³/mol. The first-order chi connectivity index (χ1) is 13.0. The van der Waals surface area contributed by atoms with Gasteiger partial charge in [-0.2, -0.15) is 5.26 Å². The molecule has 1 aliphatic heterocycles. The van der Waals surface area contributed by atoms with E-state index >= 15 is 0 Å². The van der Waals surface area contributed by atoms with E-state index in [1.165, 1.54) is 0 Å². The molecule has 140 valence electrons. The first-order valence-corrected chi connectivity index (χ1v) is 8.85. The van der Waals surface area contributed by atoms with Gasteiger partial charge in [0.2, 0.25) is 5.91 Å². The van der Waals surface area contributed by atoms with Gasteiger partial charge >= 0.3 is 0 Å². The minimum atomic E-state index is -0.133. The average molecular weight is 366 g/mol. The summed E-state index contributed by atoms with van der Waals surface area (Å²) in [6, 6.07) is 10.6. The Morgan fingerprint density at radius 2 is 1.93 bits per heavy atom. The Morgan fingerprint density at radius 3 is 2.56 bits per heavy atom. The normalized spacial score (nSPS) is 14.6. The highest BCUT2D eigenvalue weighted by molar-refractivity contribution is 5.95. The van der Waals surface area contributed by atoms with Crippen LogP contribution >= 0.6 is 0 Å². The molecule has 0 aliphatic carbocycles. The minimum absolute atomic E-state index is 0.0261. The summed E-state index contributed by atoms with van der Waals surface area (Å²) in [4.78, 5) is 28.7. The number of furan rings is 1. The molecule has 1 N–H and O–H groups in total. The third-order valence-electron chi connectivity index (χ3n) is 4.57. The molecule has 0 radical (unpaired) electrons. The Morgan fingerprint density at radius 1 is 1.19 bits per heavy atom. The van der Waals surface area contributed by atoms with Crippen LogP contribution in [0.2, 0.25) is 0 Å². The van der Waals surface area contributed by atoms with E-state index in [0.717, 1.165) is 5.76 Å². The summed E-state index contributed by atoms with van der Waals surface area (Å²) in [5.41, 5.74) is 1.72. The molecule has 0 atom stereocenters. The van der Waals surface area contributed by atoms with Crippen LogP contribution in [0, 0.1) is 25.2 Å². The fourth-order valence-electron chi connectivity index (χ4n) is 3.19. The van der Waals surface area contributed by atoms with Crippen LogP contribution in [0.1, 0.15) is 27.4 Å². The van der Waals surface area contributed by atoms with Gasteiger partial charge in [0.1, 0.15) is 11.5 Å². The third-order valence-corrected chi connectivity index (χ3v) is 4.57. The molecule has 2 amide bonds. The maximum atomic E-state index is 12.6. The molecule has 1 aromatic carbocycles. The van der Waals surface area contributed by atoms with Crippen LogP contribution in [0.4, 0.5) is 5.69 Å². The number of amides is 2. The zero-order valence-electron chi connectivity index (χ0n) is 15.5. The van der Waals surface area contributed by atoms with Crippen molar-refractivity contribution in [3.05, 3.63) is 53.0 Å². The summed E-state index contributed by atoms with van der Waals surface area (Å²) >= 11 is 0. The minimum Gasteiger partial charge on any atom is -0.466 e. The van der Waals surface area contributed by atoms with Crippen LogP contribution in [-0.2, 0) is 4.79 Å². The van der Waals surface area contributed by atoms with Crippen LogP contribution in [0.15, 0.2) is 34.7 Å². The van der Waals surface area contributed by atoms with Crippen LogP contribution in [-0.4, -0.2) is 54.3 Å². The molecule has 0 bridgehead atoms. The molecule has 3 rings (SSSR count). The molecule has 7 heteroatoms. The Kier molecular flexibility index (Phi) is 5.57. The molecule has 2 heterocycles. The number of hydrogen-bond acceptors (Lipinski definition) is 5. The van der Waals surface area contributed by atoms with Gasteiger partial charge in [-0.1, -0.05) is 6.07 Å². The number of nitrogens with one attached hydrogen (secondary N) is 1. The molecule has 7 nitrogen and oxygen atoms in total. The van der Waals surface area contributed by atoms with Gasteiger partial charge in [-0.15, -0.1) is 0 Å². The monoisotopic (exact) mass is 366 g/mol. The van der Waals surface area contributed by atoms with Gasteiger partial charge in [-0.05, 0) is 38.1 Å². The standard InChI is InChI=1S/C20H22N4O3/c1-14-10-18(15(2)27-14)20(26)24-8-6-23(7-9-24)13-19(25)22-17-5-3-4-16(11-17)12-21/h3-5,10-11H,6-9,13H2,1-2H3,(H,22,25). The second kappa shape index (κ2) is 8.06. The Hall–Kier alpha value is -3.11. The number of carbonyl (C=O) groups is 2. The van der Waals surface area contributed by atoms with Gasteiger partial charge in [-0.25, -0.2) is 0 Å². The molecular formula is C20H22N4O3. The van der Waals surface area contributed by atoms with E-state index in [9.17, 15) is 9.59 Å². The zero-order chi connectivity index (χ0) is 19.4. The van der Waals surface area contributed by atoms with E-state index in [4.69, 9.17) is 9.68 Å². The van der Waals surface area contributed by atoms with Crippen molar-refractivity contribution >= 4 is 17.5 Å². The molecule has 0 spiro atoms. The van der Waals surface area contributed by atoms with Crippen molar-refractivity contribution in [1.29, 1.82) is 5.26 Å². The van der Waals surface area contributed by atoms with Crippen molar-refractivity contribution in [2.24, 2.45) is 0 Å². The summed E-state index contributed by atoms with van der Waals surface area (Å²) in [6.07, 6.45) is 0. The van der Waals surface area contributed by atoms with Crippen molar-refractivity contribution in [3.8, 4) is 6.07 Å². The zero-order valence-corrected chi connectivity index (χ0v) is 15.5. The number of benzene rings is 1. The van der Waals surface area contributed by atoms with Crippen molar-refractivity contribution in [2.75, 3.05) is 38.0 Å². The smallest absolute Gasteiger partial charge is 0.257 e. The molecule has 1 aromatic heterocycles.